The average Bonchev–Trinajstić information content (AvgIpc) is 2.92. The summed E-state index contributed by atoms with van der Waals surface area (Å²) in [5.74, 6) is -1.78. The molecule has 1 saturated heterocycles. The van der Waals surface area contributed by atoms with Gasteiger partial charge in [-0.1, -0.05) is 0 Å². The Morgan fingerprint density at radius 3 is 2.67 bits per heavy atom. The normalized spacial score (nSPS) is 21.2. The first kappa shape index (κ1) is 15.3. The molecular formula is C15H19NO5. The van der Waals surface area contributed by atoms with Crippen LogP contribution in [0.3, 0.4) is 0 Å². The summed E-state index contributed by atoms with van der Waals surface area (Å²) in [4.78, 5) is 25.4. The highest BCUT2D eigenvalue weighted by Crippen LogP contribution is 2.24. The van der Waals surface area contributed by atoms with E-state index in [0.717, 1.165) is 0 Å². The molecule has 6 heteroatoms. The number of carboxylic acids is 1. The third-order valence-corrected chi connectivity index (χ3v) is 3.81. The lowest BCUT2D eigenvalue weighted by molar-refractivity contribution is -0.142. The fraction of sp³-hybridized carbons (Fsp3) is 0.467. The number of rotatable bonds is 4. The minimum Gasteiger partial charge on any atom is -0.508 e. The van der Waals surface area contributed by atoms with Gasteiger partial charge in [0.25, 0.3) is 5.91 Å². The molecule has 1 heterocycles. The molecule has 1 aliphatic rings. The van der Waals surface area contributed by atoms with Gasteiger partial charge in [0, 0.05) is 12.1 Å². The second-order valence-corrected chi connectivity index (χ2v) is 5.14. The van der Waals surface area contributed by atoms with Gasteiger partial charge in [-0.15, -0.1) is 0 Å². The number of ether oxygens (including phenoxy) is 1. The Bertz CT molecular complexity index is 557. The quantitative estimate of drug-likeness (QED) is 0.872. The van der Waals surface area contributed by atoms with Crippen LogP contribution < -0.4 is 0 Å². The molecule has 6 nitrogen and oxygen atoms in total. The number of amides is 1. The third kappa shape index (κ3) is 3.00. The standard InChI is InChI=1S/C15H19NO5/c1-3-16(12-8-21-7-11(12)15(19)20)14(18)10-4-5-13(17)9(2)6-10/h4-6,11-12,17H,3,7-8H2,1-2H3,(H,19,20). The Kier molecular flexibility index (Phi) is 4.47. The van der Waals surface area contributed by atoms with E-state index >= 15 is 0 Å². The number of phenols is 1. The van der Waals surface area contributed by atoms with Crippen molar-refractivity contribution in [1.82, 2.24) is 4.90 Å². The van der Waals surface area contributed by atoms with Crippen LogP contribution in [0.4, 0.5) is 0 Å². The SMILES string of the molecule is CCN(C(=O)c1ccc(O)c(C)c1)C1COCC1C(=O)O. The van der Waals surface area contributed by atoms with Gasteiger partial charge in [0.2, 0.25) is 0 Å². The highest BCUT2D eigenvalue weighted by atomic mass is 16.5. The zero-order valence-corrected chi connectivity index (χ0v) is 12.1. The van der Waals surface area contributed by atoms with Gasteiger partial charge >= 0.3 is 5.97 Å². The lowest BCUT2D eigenvalue weighted by Gasteiger charge is -2.29. The first-order chi connectivity index (χ1) is 9.95. The molecule has 1 aromatic rings. The van der Waals surface area contributed by atoms with Crippen molar-refractivity contribution in [2.45, 2.75) is 19.9 Å². The number of hydrogen-bond acceptors (Lipinski definition) is 4. The summed E-state index contributed by atoms with van der Waals surface area (Å²) in [6.45, 7) is 4.27. The lowest BCUT2D eigenvalue weighted by Crippen LogP contribution is -2.46. The fourth-order valence-corrected chi connectivity index (χ4v) is 2.57. The predicted octanol–water partition coefficient (Wildman–Crippen LogP) is 1.26. The smallest absolute Gasteiger partial charge is 0.311 e. The molecule has 21 heavy (non-hydrogen) atoms. The number of nitrogens with zero attached hydrogens (tertiary/aromatic N) is 1. The number of aromatic hydroxyl groups is 1. The van der Waals surface area contributed by atoms with Gasteiger partial charge in [-0.05, 0) is 37.6 Å². The number of aryl methyl sites for hydroxylation is 1. The summed E-state index contributed by atoms with van der Waals surface area (Å²) in [7, 11) is 0. The third-order valence-electron chi connectivity index (χ3n) is 3.81. The number of carbonyl (C=O) groups is 2. The van der Waals surface area contributed by atoms with Gasteiger partial charge in [0.15, 0.2) is 0 Å². The Balaban J connectivity index is 2.26. The number of aliphatic carboxylic acids is 1. The second kappa shape index (κ2) is 6.13. The van der Waals surface area contributed by atoms with Crippen molar-refractivity contribution >= 4 is 11.9 Å². The first-order valence-electron chi connectivity index (χ1n) is 6.86. The molecule has 1 aliphatic heterocycles. The van der Waals surface area contributed by atoms with Gasteiger partial charge in [-0.3, -0.25) is 9.59 Å². The summed E-state index contributed by atoms with van der Waals surface area (Å²) >= 11 is 0. The zero-order valence-electron chi connectivity index (χ0n) is 12.1. The van der Waals surface area contributed by atoms with Gasteiger partial charge in [0.05, 0.1) is 19.3 Å². The van der Waals surface area contributed by atoms with E-state index in [-0.39, 0.29) is 24.9 Å². The monoisotopic (exact) mass is 293 g/mol. The van der Waals surface area contributed by atoms with Crippen LogP contribution in [-0.2, 0) is 9.53 Å². The van der Waals surface area contributed by atoms with Crippen LogP contribution in [0, 0.1) is 12.8 Å². The molecular weight excluding hydrogens is 274 g/mol. The summed E-state index contributed by atoms with van der Waals surface area (Å²) < 4.78 is 5.23. The molecule has 2 N–H and O–H groups in total. The minimum absolute atomic E-state index is 0.123. The number of hydrogen-bond donors (Lipinski definition) is 2. The van der Waals surface area contributed by atoms with E-state index < -0.39 is 17.9 Å². The highest BCUT2D eigenvalue weighted by molar-refractivity contribution is 5.95. The Labute approximate surface area is 122 Å². The van der Waals surface area contributed by atoms with Crippen LogP contribution in [-0.4, -0.2) is 52.8 Å². The van der Waals surface area contributed by atoms with Crippen molar-refractivity contribution in [2.24, 2.45) is 5.92 Å². The number of carboxylic acid groups (broad SMARTS) is 1. The van der Waals surface area contributed by atoms with E-state index in [2.05, 4.69) is 0 Å². The zero-order chi connectivity index (χ0) is 15.6. The lowest BCUT2D eigenvalue weighted by atomic mass is 10.0. The van der Waals surface area contributed by atoms with Crippen LogP contribution in [0.2, 0.25) is 0 Å². The van der Waals surface area contributed by atoms with E-state index in [4.69, 9.17) is 4.74 Å². The van der Waals surface area contributed by atoms with Crippen LogP contribution in [0.1, 0.15) is 22.8 Å². The van der Waals surface area contributed by atoms with Crippen molar-refractivity contribution in [1.29, 1.82) is 0 Å². The maximum atomic E-state index is 12.6. The molecule has 1 aromatic carbocycles. The number of phenolic OH excluding ortho intramolecular Hbond substituents is 1. The molecule has 0 bridgehead atoms. The number of likely N-dealkylation sites (N-methyl/N-ethyl adjacent to an activating group) is 1. The second-order valence-electron chi connectivity index (χ2n) is 5.14. The average molecular weight is 293 g/mol. The van der Waals surface area contributed by atoms with E-state index in [1.807, 2.05) is 6.92 Å². The van der Waals surface area contributed by atoms with Crippen LogP contribution in [0.15, 0.2) is 18.2 Å². The molecule has 0 saturated carbocycles. The molecule has 0 aliphatic carbocycles. The molecule has 0 radical (unpaired) electrons. The van der Waals surface area contributed by atoms with Gasteiger partial charge in [-0.25, -0.2) is 0 Å². The van der Waals surface area contributed by atoms with Gasteiger partial charge < -0.3 is 19.8 Å². The van der Waals surface area contributed by atoms with Crippen molar-refractivity contribution in [3.63, 3.8) is 0 Å². The summed E-state index contributed by atoms with van der Waals surface area (Å²) in [5, 5.41) is 18.7. The van der Waals surface area contributed by atoms with Crippen molar-refractivity contribution < 1.29 is 24.5 Å². The van der Waals surface area contributed by atoms with Crippen molar-refractivity contribution in [2.75, 3.05) is 19.8 Å². The van der Waals surface area contributed by atoms with Crippen LogP contribution in [0.5, 0.6) is 5.75 Å². The minimum atomic E-state index is -0.953. The molecule has 0 aromatic heterocycles. The molecule has 0 spiro atoms. The van der Waals surface area contributed by atoms with E-state index in [9.17, 15) is 19.8 Å². The molecule has 2 unspecified atom stereocenters. The highest BCUT2D eigenvalue weighted by Gasteiger charge is 2.39. The van der Waals surface area contributed by atoms with E-state index in [0.29, 0.717) is 17.7 Å². The maximum Gasteiger partial charge on any atom is 0.311 e. The topological polar surface area (TPSA) is 87.1 Å². The Hall–Kier alpha value is -2.08. The molecule has 1 fully saturated rings. The van der Waals surface area contributed by atoms with Crippen LogP contribution in [0.25, 0.3) is 0 Å². The van der Waals surface area contributed by atoms with Gasteiger partial charge in [-0.2, -0.15) is 0 Å². The van der Waals surface area contributed by atoms with Crippen molar-refractivity contribution in [3.8, 4) is 5.75 Å². The number of benzene rings is 1. The number of carbonyl (C=O) groups excluding carboxylic acids is 1. The summed E-state index contributed by atoms with van der Waals surface area (Å²) in [6.07, 6.45) is 0. The Morgan fingerprint density at radius 2 is 2.10 bits per heavy atom. The van der Waals surface area contributed by atoms with Crippen molar-refractivity contribution in [3.05, 3.63) is 29.3 Å². The molecule has 2 atom stereocenters. The molecule has 114 valence electrons. The van der Waals surface area contributed by atoms with E-state index in [1.165, 1.54) is 11.0 Å². The molecule has 2 rings (SSSR count). The van der Waals surface area contributed by atoms with Gasteiger partial charge in [0.1, 0.15) is 11.7 Å². The van der Waals surface area contributed by atoms with E-state index in [1.54, 1.807) is 19.1 Å². The first-order valence-corrected chi connectivity index (χ1v) is 6.86. The predicted molar refractivity (Wildman–Crippen MR) is 75.3 cm³/mol. The summed E-state index contributed by atoms with van der Waals surface area (Å²) in [6, 6.07) is 4.15. The Morgan fingerprint density at radius 1 is 1.38 bits per heavy atom. The molecule has 1 amide bonds. The maximum absolute atomic E-state index is 12.6. The summed E-state index contributed by atoms with van der Waals surface area (Å²) in [5.41, 5.74) is 1.04. The fourth-order valence-electron chi connectivity index (χ4n) is 2.57. The largest absolute Gasteiger partial charge is 0.508 e. The van der Waals surface area contributed by atoms with Crippen LogP contribution >= 0.6 is 0 Å².